The van der Waals surface area contributed by atoms with Gasteiger partial charge in [-0.25, -0.2) is 4.39 Å². The van der Waals surface area contributed by atoms with Crippen LogP contribution < -0.4 is 14.4 Å². The van der Waals surface area contributed by atoms with Gasteiger partial charge in [0.1, 0.15) is 22.8 Å². The zero-order chi connectivity index (χ0) is 23.0. The average Bonchev–Trinajstić information content (AvgIpc) is 3.11. The minimum Gasteiger partial charge on any atom is -0.588 e. The smallest absolute Gasteiger partial charge is 0.425 e. The number of carbonyl (C=O) groups is 1. The molecular weight excluding hydrogens is 452 g/mol. The first kappa shape index (κ1) is 22.3. The number of furan rings is 1. The molecule has 2 heterocycles. The standard InChI is InChI=1S/C21H18F4N2O4S/c1-12(21(23,24)25)30-16-5-2-3-6-19(16)32(29)26-20(28)18-11-14-15(22)9-13(10-17(14)31-18)27-7-4-8-27/h2-3,5-6,9-12H,4,7-8H2,1H3,(H,26,28). The summed E-state index contributed by atoms with van der Waals surface area (Å²) in [4.78, 5) is 14.3. The zero-order valence-electron chi connectivity index (χ0n) is 16.7. The molecule has 11 heteroatoms. The number of ether oxygens (including phenoxy) is 1. The van der Waals surface area contributed by atoms with E-state index in [-0.39, 0.29) is 27.4 Å². The van der Waals surface area contributed by atoms with Crippen LogP contribution in [0.25, 0.3) is 11.0 Å². The molecule has 4 rings (SSSR count). The Bertz CT molecular complexity index is 1150. The summed E-state index contributed by atoms with van der Waals surface area (Å²) >= 11 is -2.25. The molecule has 1 amide bonds. The maximum absolute atomic E-state index is 14.5. The summed E-state index contributed by atoms with van der Waals surface area (Å²) in [7, 11) is 0. The van der Waals surface area contributed by atoms with Gasteiger partial charge in [-0.1, -0.05) is 12.1 Å². The van der Waals surface area contributed by atoms with E-state index in [0.717, 1.165) is 26.4 Å². The molecule has 0 bridgehead atoms. The number of nitrogens with one attached hydrogen (secondary N) is 1. The van der Waals surface area contributed by atoms with Crippen LogP contribution >= 0.6 is 0 Å². The van der Waals surface area contributed by atoms with Gasteiger partial charge in [-0.2, -0.15) is 17.9 Å². The van der Waals surface area contributed by atoms with Gasteiger partial charge >= 0.3 is 12.1 Å². The third kappa shape index (κ3) is 4.49. The number of anilines is 1. The Hall–Kier alpha value is -2.92. The number of fused-ring (bicyclic) bond motifs is 1. The highest BCUT2D eigenvalue weighted by molar-refractivity contribution is 7.90. The molecular formula is C21H18F4N2O4S. The van der Waals surface area contributed by atoms with Crippen LogP contribution in [0, 0.1) is 5.82 Å². The lowest BCUT2D eigenvalue weighted by Crippen LogP contribution is -2.36. The van der Waals surface area contributed by atoms with Crippen molar-refractivity contribution in [2.45, 2.75) is 30.5 Å². The molecule has 3 aromatic rings. The van der Waals surface area contributed by atoms with E-state index in [1.165, 1.54) is 36.4 Å². The lowest BCUT2D eigenvalue weighted by atomic mass is 10.1. The average molecular weight is 470 g/mol. The van der Waals surface area contributed by atoms with Crippen molar-refractivity contribution in [1.29, 1.82) is 0 Å². The number of rotatable bonds is 6. The monoisotopic (exact) mass is 470 g/mol. The van der Waals surface area contributed by atoms with Crippen molar-refractivity contribution < 1.29 is 36.1 Å². The molecule has 1 saturated heterocycles. The molecule has 6 nitrogen and oxygen atoms in total. The van der Waals surface area contributed by atoms with E-state index in [0.29, 0.717) is 5.69 Å². The van der Waals surface area contributed by atoms with Crippen molar-refractivity contribution in [3.63, 3.8) is 0 Å². The van der Waals surface area contributed by atoms with Gasteiger partial charge in [0.2, 0.25) is 4.90 Å². The molecule has 0 radical (unpaired) electrons. The molecule has 1 aromatic heterocycles. The highest BCUT2D eigenvalue weighted by atomic mass is 32.2. The van der Waals surface area contributed by atoms with E-state index < -0.39 is 35.4 Å². The molecule has 1 fully saturated rings. The van der Waals surface area contributed by atoms with Gasteiger partial charge < -0.3 is 18.6 Å². The van der Waals surface area contributed by atoms with Crippen LogP contribution in [-0.2, 0) is 11.4 Å². The minimum absolute atomic E-state index is 0.0907. The number of amides is 1. The number of alkyl halides is 3. The topological polar surface area (TPSA) is 77.8 Å². The summed E-state index contributed by atoms with van der Waals surface area (Å²) in [5, 5.41) is 0.0907. The van der Waals surface area contributed by atoms with E-state index in [9.17, 15) is 26.9 Å². The summed E-state index contributed by atoms with van der Waals surface area (Å²) in [5.74, 6) is -2.04. The summed E-state index contributed by atoms with van der Waals surface area (Å²) in [5.41, 5.74) is 0.793. The lowest BCUT2D eigenvalue weighted by molar-refractivity contribution is -0.189. The Balaban J connectivity index is 1.53. The fourth-order valence-corrected chi connectivity index (χ4v) is 3.98. The van der Waals surface area contributed by atoms with Gasteiger partial charge in [0.15, 0.2) is 17.6 Å². The number of halogens is 4. The van der Waals surface area contributed by atoms with E-state index >= 15 is 0 Å². The van der Waals surface area contributed by atoms with Crippen LogP contribution in [0.4, 0.5) is 23.2 Å². The number of carbonyl (C=O) groups excluding carboxylic acids is 1. The van der Waals surface area contributed by atoms with Crippen molar-refractivity contribution in [2.75, 3.05) is 18.0 Å². The highest BCUT2D eigenvalue weighted by Gasteiger charge is 2.39. The maximum Gasteiger partial charge on any atom is 0.425 e. The van der Waals surface area contributed by atoms with Gasteiger partial charge in [-0.3, -0.25) is 4.79 Å². The Labute approximate surface area is 183 Å². The predicted molar refractivity (Wildman–Crippen MR) is 109 cm³/mol. The zero-order valence-corrected chi connectivity index (χ0v) is 17.6. The second kappa shape index (κ2) is 8.55. The SMILES string of the molecule is CC(Oc1ccccc1[S+]([O-])NC(=O)c1cc2c(F)cc(N3CCC3)cc2o1)C(F)(F)F. The molecule has 32 heavy (non-hydrogen) atoms. The van der Waals surface area contributed by atoms with Gasteiger partial charge in [-0.05, 0) is 31.5 Å². The third-order valence-electron chi connectivity index (χ3n) is 5.02. The van der Waals surface area contributed by atoms with Crippen molar-refractivity contribution in [2.24, 2.45) is 0 Å². The third-order valence-corrected chi connectivity index (χ3v) is 6.12. The molecule has 1 aliphatic rings. The Morgan fingerprint density at radius 3 is 2.62 bits per heavy atom. The molecule has 2 aromatic carbocycles. The molecule has 2 atom stereocenters. The number of para-hydroxylation sites is 1. The largest absolute Gasteiger partial charge is 0.588 e. The molecule has 0 aliphatic carbocycles. The molecule has 170 valence electrons. The fourth-order valence-electron chi connectivity index (χ4n) is 3.10. The molecule has 1 aliphatic heterocycles. The second-order valence-electron chi connectivity index (χ2n) is 7.24. The van der Waals surface area contributed by atoms with Crippen molar-refractivity contribution in [3.8, 4) is 5.75 Å². The maximum atomic E-state index is 14.5. The van der Waals surface area contributed by atoms with Crippen molar-refractivity contribution >= 4 is 33.9 Å². The Morgan fingerprint density at radius 2 is 1.97 bits per heavy atom. The number of nitrogens with zero attached hydrogens (tertiary/aromatic N) is 1. The van der Waals surface area contributed by atoms with Crippen molar-refractivity contribution in [1.82, 2.24) is 4.72 Å². The second-order valence-corrected chi connectivity index (χ2v) is 8.42. The van der Waals surface area contributed by atoms with E-state index in [1.54, 1.807) is 6.07 Å². The van der Waals surface area contributed by atoms with E-state index in [2.05, 4.69) is 4.72 Å². The van der Waals surface area contributed by atoms with Gasteiger partial charge in [0.25, 0.3) is 0 Å². The summed E-state index contributed by atoms with van der Waals surface area (Å²) in [6.45, 7) is 2.41. The summed E-state index contributed by atoms with van der Waals surface area (Å²) < 4.78 is 78.1. The van der Waals surface area contributed by atoms with Crippen LogP contribution in [0.1, 0.15) is 23.9 Å². The van der Waals surface area contributed by atoms with E-state index in [1.807, 2.05) is 4.90 Å². The summed E-state index contributed by atoms with van der Waals surface area (Å²) in [6.07, 6.45) is -5.76. The first-order chi connectivity index (χ1) is 15.1. The normalized spacial score (nSPS) is 15.9. The Kier molecular flexibility index (Phi) is 5.95. The molecule has 1 N–H and O–H groups in total. The summed E-state index contributed by atoms with van der Waals surface area (Å²) in [6, 6.07) is 9.50. The van der Waals surface area contributed by atoms with E-state index in [4.69, 9.17) is 9.15 Å². The quantitative estimate of drug-likeness (QED) is 0.422. The lowest BCUT2D eigenvalue weighted by Gasteiger charge is -2.33. The fraction of sp³-hybridized carbons (Fsp3) is 0.286. The predicted octanol–water partition coefficient (Wildman–Crippen LogP) is 4.56. The van der Waals surface area contributed by atoms with Gasteiger partial charge in [-0.15, -0.1) is 0 Å². The Morgan fingerprint density at radius 1 is 1.25 bits per heavy atom. The van der Waals surface area contributed by atoms with Gasteiger partial charge in [0, 0.05) is 30.9 Å². The first-order valence-electron chi connectivity index (χ1n) is 9.66. The highest BCUT2D eigenvalue weighted by Crippen LogP contribution is 2.32. The minimum atomic E-state index is -4.62. The molecule has 0 saturated carbocycles. The van der Waals surface area contributed by atoms with Crippen LogP contribution in [0.15, 0.2) is 51.8 Å². The molecule has 2 unspecified atom stereocenters. The number of hydrogen-bond donors (Lipinski definition) is 1. The van der Waals surface area contributed by atoms with Crippen LogP contribution in [0.3, 0.4) is 0 Å². The van der Waals surface area contributed by atoms with Crippen molar-refractivity contribution in [3.05, 3.63) is 54.0 Å². The number of hydrogen-bond acceptors (Lipinski definition) is 5. The van der Waals surface area contributed by atoms with Gasteiger partial charge in [0.05, 0.1) is 5.39 Å². The molecule has 0 spiro atoms. The number of benzene rings is 2. The van der Waals surface area contributed by atoms with Crippen LogP contribution in [0.2, 0.25) is 0 Å². The van der Waals surface area contributed by atoms with Crippen LogP contribution in [-0.4, -0.2) is 35.8 Å². The van der Waals surface area contributed by atoms with Crippen LogP contribution in [0.5, 0.6) is 5.75 Å². The first-order valence-corrected chi connectivity index (χ1v) is 10.8.